The number of halogens is 2. The molecule has 1 aliphatic rings. The summed E-state index contributed by atoms with van der Waals surface area (Å²) >= 11 is 6.13. The van der Waals surface area contributed by atoms with Crippen molar-refractivity contribution in [3.63, 3.8) is 0 Å². The van der Waals surface area contributed by atoms with Gasteiger partial charge in [0.2, 0.25) is 0 Å². The standard InChI is InChI=1S/C16H18ClFO/c1-3-10-19-14-9-8-13(15(17)16(14)18)12-6-4-11(2)5-7-12/h3,6,8-9,11H,1,4-5,7,10H2,2H3. The molecule has 0 radical (unpaired) electrons. The van der Waals surface area contributed by atoms with Crippen molar-refractivity contribution in [2.75, 3.05) is 6.61 Å². The molecule has 0 aromatic heterocycles. The van der Waals surface area contributed by atoms with E-state index in [1.165, 1.54) is 0 Å². The highest BCUT2D eigenvalue weighted by molar-refractivity contribution is 6.32. The highest BCUT2D eigenvalue weighted by atomic mass is 35.5. The Morgan fingerprint density at radius 1 is 1.53 bits per heavy atom. The maximum Gasteiger partial charge on any atom is 0.184 e. The molecule has 19 heavy (non-hydrogen) atoms. The Labute approximate surface area is 118 Å². The molecular weight excluding hydrogens is 263 g/mol. The van der Waals surface area contributed by atoms with Crippen LogP contribution >= 0.6 is 11.6 Å². The summed E-state index contributed by atoms with van der Waals surface area (Å²) in [5.41, 5.74) is 1.93. The lowest BCUT2D eigenvalue weighted by molar-refractivity contribution is 0.342. The SMILES string of the molecule is C=CCOc1ccc(C2=CCC(C)CC2)c(Cl)c1F. The molecule has 1 aromatic rings. The minimum absolute atomic E-state index is 0.155. The molecule has 0 heterocycles. The number of hydrogen-bond donors (Lipinski definition) is 0. The van der Waals surface area contributed by atoms with E-state index in [1.807, 2.05) is 6.07 Å². The lowest BCUT2D eigenvalue weighted by atomic mass is 9.87. The normalized spacial score (nSPS) is 18.9. The molecule has 102 valence electrons. The number of hydrogen-bond acceptors (Lipinski definition) is 1. The fraction of sp³-hybridized carbons (Fsp3) is 0.375. The smallest absolute Gasteiger partial charge is 0.184 e. The average molecular weight is 281 g/mol. The van der Waals surface area contributed by atoms with Gasteiger partial charge in [0.1, 0.15) is 6.61 Å². The van der Waals surface area contributed by atoms with Gasteiger partial charge in [-0.1, -0.05) is 37.3 Å². The Morgan fingerprint density at radius 3 is 2.95 bits per heavy atom. The van der Waals surface area contributed by atoms with E-state index in [-0.39, 0.29) is 17.4 Å². The molecule has 2 rings (SSSR count). The Morgan fingerprint density at radius 2 is 2.32 bits per heavy atom. The zero-order chi connectivity index (χ0) is 13.8. The highest BCUT2D eigenvalue weighted by Gasteiger charge is 2.18. The number of allylic oxidation sites excluding steroid dienone is 2. The van der Waals surface area contributed by atoms with Gasteiger partial charge in [-0.25, -0.2) is 4.39 Å². The van der Waals surface area contributed by atoms with Crippen LogP contribution in [-0.4, -0.2) is 6.61 Å². The van der Waals surface area contributed by atoms with E-state index in [2.05, 4.69) is 19.6 Å². The zero-order valence-electron chi connectivity index (χ0n) is 11.1. The van der Waals surface area contributed by atoms with Crippen LogP contribution in [0.3, 0.4) is 0 Å². The minimum Gasteiger partial charge on any atom is -0.486 e. The van der Waals surface area contributed by atoms with Crippen molar-refractivity contribution in [2.45, 2.75) is 26.2 Å². The first-order valence-corrected chi connectivity index (χ1v) is 6.92. The first kappa shape index (κ1) is 14.1. The van der Waals surface area contributed by atoms with Crippen molar-refractivity contribution in [3.05, 3.63) is 47.3 Å². The molecule has 0 fully saturated rings. The van der Waals surface area contributed by atoms with E-state index in [0.717, 1.165) is 30.4 Å². The van der Waals surface area contributed by atoms with Crippen LogP contribution in [0.1, 0.15) is 31.7 Å². The van der Waals surface area contributed by atoms with Crippen LogP contribution in [0, 0.1) is 11.7 Å². The molecule has 0 N–H and O–H groups in total. The Bertz CT molecular complexity index is 508. The maximum atomic E-state index is 14.1. The van der Waals surface area contributed by atoms with E-state index in [9.17, 15) is 4.39 Å². The summed E-state index contributed by atoms with van der Waals surface area (Å²) < 4.78 is 19.3. The third-order valence-corrected chi connectivity index (χ3v) is 3.79. The molecule has 1 aliphatic carbocycles. The van der Waals surface area contributed by atoms with Gasteiger partial charge in [0.15, 0.2) is 11.6 Å². The van der Waals surface area contributed by atoms with Gasteiger partial charge in [0, 0.05) is 0 Å². The van der Waals surface area contributed by atoms with Gasteiger partial charge in [0.25, 0.3) is 0 Å². The van der Waals surface area contributed by atoms with E-state index in [1.54, 1.807) is 12.1 Å². The second kappa shape index (κ2) is 6.25. The molecule has 0 amide bonds. The fourth-order valence-electron chi connectivity index (χ4n) is 2.25. The van der Waals surface area contributed by atoms with Gasteiger partial charge in [0.05, 0.1) is 5.02 Å². The Kier molecular flexibility index (Phi) is 4.65. The van der Waals surface area contributed by atoms with Gasteiger partial charge < -0.3 is 4.74 Å². The van der Waals surface area contributed by atoms with Gasteiger partial charge >= 0.3 is 0 Å². The van der Waals surface area contributed by atoms with Crippen LogP contribution in [0.25, 0.3) is 5.57 Å². The highest BCUT2D eigenvalue weighted by Crippen LogP contribution is 2.37. The summed E-state index contributed by atoms with van der Waals surface area (Å²) in [6.07, 6.45) is 6.85. The van der Waals surface area contributed by atoms with Crippen LogP contribution in [0.15, 0.2) is 30.9 Å². The first-order chi connectivity index (χ1) is 9.13. The maximum absolute atomic E-state index is 14.1. The lowest BCUT2D eigenvalue weighted by Crippen LogP contribution is -2.03. The van der Waals surface area contributed by atoms with E-state index in [4.69, 9.17) is 16.3 Å². The van der Waals surface area contributed by atoms with Crippen molar-refractivity contribution in [1.82, 2.24) is 0 Å². The fourth-order valence-corrected chi connectivity index (χ4v) is 2.53. The van der Waals surface area contributed by atoms with Crippen molar-refractivity contribution < 1.29 is 9.13 Å². The predicted octanol–water partition coefficient (Wildman–Crippen LogP) is 5.25. The molecule has 0 spiro atoms. The van der Waals surface area contributed by atoms with E-state index < -0.39 is 5.82 Å². The number of ether oxygens (including phenoxy) is 1. The Balaban J connectivity index is 2.28. The monoisotopic (exact) mass is 280 g/mol. The summed E-state index contributed by atoms with van der Waals surface area (Å²) in [5.74, 6) is 0.390. The minimum atomic E-state index is -0.486. The average Bonchev–Trinajstić information content (AvgIpc) is 2.42. The molecule has 0 saturated heterocycles. The van der Waals surface area contributed by atoms with Crippen molar-refractivity contribution >= 4 is 17.2 Å². The summed E-state index contributed by atoms with van der Waals surface area (Å²) in [7, 11) is 0. The van der Waals surface area contributed by atoms with Gasteiger partial charge in [-0.05, 0) is 48.4 Å². The second-order valence-corrected chi connectivity index (χ2v) is 5.33. The van der Waals surface area contributed by atoms with Crippen molar-refractivity contribution in [3.8, 4) is 5.75 Å². The lowest BCUT2D eigenvalue weighted by Gasteiger charge is -2.20. The third-order valence-electron chi connectivity index (χ3n) is 3.42. The van der Waals surface area contributed by atoms with Crippen LogP contribution in [0.5, 0.6) is 5.75 Å². The quantitative estimate of drug-likeness (QED) is 0.685. The molecular formula is C16H18ClFO. The third kappa shape index (κ3) is 3.19. The molecule has 1 atom stereocenters. The summed E-state index contributed by atoms with van der Waals surface area (Å²) in [6, 6.07) is 3.48. The molecule has 0 saturated carbocycles. The van der Waals surface area contributed by atoms with Crippen molar-refractivity contribution in [2.24, 2.45) is 5.92 Å². The van der Waals surface area contributed by atoms with Crippen LogP contribution in [0.2, 0.25) is 5.02 Å². The summed E-state index contributed by atoms with van der Waals surface area (Å²) in [5, 5.41) is 0.155. The molecule has 0 aliphatic heterocycles. The summed E-state index contributed by atoms with van der Waals surface area (Å²) in [6.45, 7) is 6.03. The molecule has 1 unspecified atom stereocenters. The largest absolute Gasteiger partial charge is 0.486 e. The van der Waals surface area contributed by atoms with Crippen LogP contribution in [-0.2, 0) is 0 Å². The first-order valence-electron chi connectivity index (χ1n) is 6.54. The van der Waals surface area contributed by atoms with E-state index in [0.29, 0.717) is 5.92 Å². The van der Waals surface area contributed by atoms with Crippen LogP contribution in [0.4, 0.5) is 4.39 Å². The zero-order valence-corrected chi connectivity index (χ0v) is 11.8. The second-order valence-electron chi connectivity index (χ2n) is 4.95. The topological polar surface area (TPSA) is 9.23 Å². The van der Waals surface area contributed by atoms with E-state index >= 15 is 0 Å². The van der Waals surface area contributed by atoms with Gasteiger partial charge in [-0.3, -0.25) is 0 Å². The number of benzene rings is 1. The summed E-state index contributed by atoms with van der Waals surface area (Å²) in [4.78, 5) is 0. The Hall–Kier alpha value is -1.28. The molecule has 1 aromatic carbocycles. The molecule has 0 bridgehead atoms. The molecule has 1 nitrogen and oxygen atoms in total. The molecule has 3 heteroatoms. The van der Waals surface area contributed by atoms with Crippen molar-refractivity contribution in [1.29, 1.82) is 0 Å². The number of rotatable bonds is 4. The predicted molar refractivity (Wildman–Crippen MR) is 78.1 cm³/mol. The van der Waals surface area contributed by atoms with Gasteiger partial charge in [-0.2, -0.15) is 0 Å². The van der Waals surface area contributed by atoms with Gasteiger partial charge in [-0.15, -0.1) is 0 Å². The van der Waals surface area contributed by atoms with Crippen LogP contribution < -0.4 is 4.74 Å².